The molecule has 0 aliphatic heterocycles. The van der Waals surface area contributed by atoms with Crippen LogP contribution in [0.3, 0.4) is 0 Å². The highest BCUT2D eigenvalue weighted by Gasteiger charge is 2.27. The van der Waals surface area contributed by atoms with Crippen LogP contribution in [0.25, 0.3) is 0 Å². The lowest BCUT2D eigenvalue weighted by Gasteiger charge is -2.30. The summed E-state index contributed by atoms with van der Waals surface area (Å²) in [5.74, 6) is -0.534. The zero-order valence-electron chi connectivity index (χ0n) is 60.5. The Morgan fingerprint density at radius 1 is 0.396 bits per heavy atom. The highest BCUT2D eigenvalue weighted by atomic mass is 31.2. The van der Waals surface area contributed by atoms with E-state index in [-0.39, 0.29) is 24.9 Å². The fourth-order valence-corrected chi connectivity index (χ4v) is 11.8. The van der Waals surface area contributed by atoms with E-state index in [1.807, 2.05) is 33.3 Å². The molecule has 0 aliphatic carbocycles. The lowest BCUT2D eigenvalue weighted by molar-refractivity contribution is -0.870. The maximum Gasteiger partial charge on any atom is 0.306 e. The van der Waals surface area contributed by atoms with E-state index in [4.69, 9.17) is 13.8 Å². The number of carbonyl (C=O) groups excluding carboxylic acids is 2. The van der Waals surface area contributed by atoms with Crippen molar-refractivity contribution >= 4 is 19.7 Å². The molecule has 1 N–H and O–H groups in total. The Labute approximate surface area is 564 Å². The number of hydrogen-bond acceptors (Lipinski definition) is 7. The van der Waals surface area contributed by atoms with E-state index < -0.39 is 26.6 Å². The summed E-state index contributed by atoms with van der Waals surface area (Å²) in [7, 11) is 1.19. The van der Waals surface area contributed by atoms with Gasteiger partial charge in [0.15, 0.2) is 0 Å². The SMILES string of the molecule is CC/C=C\C/C=C\C/C=C\C/C=C\C/C=C\CCCCCCCCCCCCCC(=O)NC(COP(=O)([O-])OCC[N+](C)(C)C)C(/C=C/CCCCCCCCCCCCC)OC(=O)CCCCCCCCCCCCCCCCC/C=C\C/C=C\CCCCC. The number of rotatable bonds is 70. The maximum atomic E-state index is 13.7. The third-order valence-corrected chi connectivity index (χ3v) is 18.0. The highest BCUT2D eigenvalue weighted by molar-refractivity contribution is 7.45. The molecule has 3 atom stereocenters. The molecule has 0 aromatic carbocycles. The van der Waals surface area contributed by atoms with Gasteiger partial charge in [-0.05, 0) is 109 Å². The summed E-state index contributed by atoms with van der Waals surface area (Å²) < 4.78 is 30.5. The zero-order valence-corrected chi connectivity index (χ0v) is 61.4. The van der Waals surface area contributed by atoms with Crippen LogP contribution in [-0.4, -0.2) is 69.4 Å². The summed E-state index contributed by atoms with van der Waals surface area (Å²) in [6.07, 6.45) is 95.4. The Bertz CT molecular complexity index is 1880. The Morgan fingerprint density at radius 3 is 1.08 bits per heavy atom. The molecule has 0 heterocycles. The molecule has 9 nitrogen and oxygen atoms in total. The first-order valence-corrected chi connectivity index (χ1v) is 40.0. The molecule has 91 heavy (non-hydrogen) atoms. The van der Waals surface area contributed by atoms with Crippen LogP contribution in [0.15, 0.2) is 97.2 Å². The van der Waals surface area contributed by atoms with Crippen LogP contribution in [0.2, 0.25) is 0 Å². The number of phosphoric ester groups is 1. The number of unbranched alkanes of at least 4 members (excludes halogenated alkanes) is 40. The highest BCUT2D eigenvalue weighted by Crippen LogP contribution is 2.38. The molecule has 1 amide bonds. The number of nitrogens with one attached hydrogen (secondary N) is 1. The number of allylic oxidation sites excluding steroid dienone is 15. The van der Waals surface area contributed by atoms with E-state index >= 15 is 0 Å². The van der Waals surface area contributed by atoms with E-state index in [0.29, 0.717) is 17.4 Å². The lowest BCUT2D eigenvalue weighted by Crippen LogP contribution is -2.47. The van der Waals surface area contributed by atoms with Gasteiger partial charge in [-0.15, -0.1) is 0 Å². The molecular weight excluding hydrogens is 1140 g/mol. The molecule has 0 saturated carbocycles. The van der Waals surface area contributed by atoms with E-state index in [1.165, 1.54) is 212 Å². The molecule has 3 unspecified atom stereocenters. The average Bonchev–Trinajstić information content (AvgIpc) is 3.45. The van der Waals surface area contributed by atoms with Gasteiger partial charge in [0.1, 0.15) is 19.3 Å². The van der Waals surface area contributed by atoms with Gasteiger partial charge in [0.25, 0.3) is 7.82 Å². The van der Waals surface area contributed by atoms with Crippen LogP contribution in [0.5, 0.6) is 0 Å². The quantitative estimate of drug-likeness (QED) is 0.0212. The maximum absolute atomic E-state index is 13.7. The van der Waals surface area contributed by atoms with Crippen LogP contribution >= 0.6 is 7.82 Å². The molecule has 0 bridgehead atoms. The van der Waals surface area contributed by atoms with Crippen molar-refractivity contribution in [2.24, 2.45) is 0 Å². The van der Waals surface area contributed by atoms with Crippen LogP contribution in [-0.2, 0) is 27.9 Å². The van der Waals surface area contributed by atoms with Gasteiger partial charge in [-0.1, -0.05) is 330 Å². The first-order valence-electron chi connectivity index (χ1n) is 38.5. The number of hydrogen-bond donors (Lipinski definition) is 1. The van der Waals surface area contributed by atoms with Crippen LogP contribution in [0.4, 0.5) is 0 Å². The van der Waals surface area contributed by atoms with E-state index in [1.54, 1.807) is 0 Å². The average molecular weight is 1290 g/mol. The Kier molecular flexibility index (Phi) is 67.4. The Hall–Kier alpha value is -3.07. The first-order chi connectivity index (χ1) is 44.4. The number of nitrogens with zero attached hydrogens (tertiary/aromatic N) is 1. The van der Waals surface area contributed by atoms with Gasteiger partial charge in [-0.25, -0.2) is 0 Å². The molecule has 0 radical (unpaired) electrons. The molecular formula is C81H147N2O7P. The van der Waals surface area contributed by atoms with Gasteiger partial charge in [0, 0.05) is 12.8 Å². The number of amides is 1. The lowest BCUT2D eigenvalue weighted by atomic mass is 10.0. The van der Waals surface area contributed by atoms with Crippen molar-refractivity contribution in [1.82, 2.24) is 5.32 Å². The van der Waals surface area contributed by atoms with Crippen molar-refractivity contribution in [3.05, 3.63) is 97.2 Å². The van der Waals surface area contributed by atoms with Gasteiger partial charge in [-0.3, -0.25) is 14.2 Å². The topological polar surface area (TPSA) is 114 Å². The second-order valence-corrected chi connectivity index (χ2v) is 28.5. The largest absolute Gasteiger partial charge is 0.756 e. The first kappa shape index (κ1) is 87.9. The molecule has 0 spiro atoms. The summed E-state index contributed by atoms with van der Waals surface area (Å²) in [4.78, 5) is 40.3. The summed E-state index contributed by atoms with van der Waals surface area (Å²) in [6.45, 7) is 6.75. The predicted molar refractivity (Wildman–Crippen MR) is 394 cm³/mol. The fraction of sp³-hybridized carbons (Fsp3) is 0.778. The third kappa shape index (κ3) is 71.1. The molecule has 0 saturated heterocycles. The molecule has 0 fully saturated rings. The van der Waals surface area contributed by atoms with Gasteiger partial charge in [0.05, 0.1) is 33.8 Å². The smallest absolute Gasteiger partial charge is 0.306 e. The summed E-state index contributed by atoms with van der Waals surface area (Å²) in [6, 6.07) is -0.896. The number of ether oxygens (including phenoxy) is 1. The standard InChI is InChI=1S/C81H147N2O7P/c1-7-10-13-16-19-22-25-28-30-32-34-36-38-40-41-43-44-46-48-50-52-55-58-61-64-67-70-73-80(84)82-78(77-89-91(86,87)88-76-75-83(4,5)6)79(72-69-66-63-60-57-54-27-24-21-18-15-12-9-3)90-81(85)74-71-68-65-62-59-56-53-51-49-47-45-42-39-37-35-33-31-29-26-23-20-17-14-11-8-2/h10,13,19-20,22-23,28-31,34,36,40-41,69,72,78-79H,7-9,11-12,14-18,21,24-27,32-33,35,37-39,42-68,70-71,73-77H2,1-6H3,(H-,82,84,86,87)/b13-10-,22-19-,23-20-,30-28-,31-29-,36-34-,41-40-,72-69+. The minimum absolute atomic E-state index is 0.0250. The van der Waals surface area contributed by atoms with Gasteiger partial charge < -0.3 is 28.5 Å². The van der Waals surface area contributed by atoms with Crippen molar-refractivity contribution in [2.75, 3.05) is 40.9 Å². The Morgan fingerprint density at radius 2 is 0.703 bits per heavy atom. The molecule has 528 valence electrons. The van der Waals surface area contributed by atoms with E-state index in [9.17, 15) is 19.0 Å². The summed E-state index contributed by atoms with van der Waals surface area (Å²) in [5, 5.41) is 3.05. The van der Waals surface area contributed by atoms with Gasteiger partial charge in [-0.2, -0.15) is 0 Å². The molecule has 10 heteroatoms. The van der Waals surface area contributed by atoms with Gasteiger partial charge in [0.2, 0.25) is 5.91 Å². The van der Waals surface area contributed by atoms with Crippen LogP contribution < -0.4 is 10.2 Å². The van der Waals surface area contributed by atoms with Crippen molar-refractivity contribution in [3.8, 4) is 0 Å². The summed E-state index contributed by atoms with van der Waals surface area (Å²) >= 11 is 0. The number of esters is 1. The second-order valence-electron chi connectivity index (χ2n) is 27.1. The number of likely N-dealkylation sites (N-methyl/N-ethyl adjacent to an activating group) is 1. The van der Waals surface area contributed by atoms with Crippen molar-refractivity contribution in [2.45, 2.75) is 367 Å². The minimum atomic E-state index is -4.71. The van der Waals surface area contributed by atoms with E-state index in [2.05, 4.69) is 111 Å². The molecule has 0 rings (SSSR count). The monoisotopic (exact) mass is 1290 g/mol. The predicted octanol–water partition coefficient (Wildman–Crippen LogP) is 24.4. The fourth-order valence-electron chi connectivity index (χ4n) is 11.1. The molecule has 0 aromatic heterocycles. The normalized spacial score (nSPS) is 14.0. The number of phosphoric acid groups is 1. The molecule has 0 aliphatic rings. The van der Waals surface area contributed by atoms with Crippen molar-refractivity contribution in [3.63, 3.8) is 0 Å². The van der Waals surface area contributed by atoms with Gasteiger partial charge >= 0.3 is 5.97 Å². The number of quaternary nitrogens is 1. The van der Waals surface area contributed by atoms with Crippen molar-refractivity contribution < 1.29 is 37.3 Å². The van der Waals surface area contributed by atoms with Crippen LogP contribution in [0.1, 0.15) is 355 Å². The zero-order chi connectivity index (χ0) is 66.3. The minimum Gasteiger partial charge on any atom is -0.756 e. The second kappa shape index (κ2) is 69.8. The van der Waals surface area contributed by atoms with E-state index in [0.717, 1.165) is 109 Å². The summed E-state index contributed by atoms with van der Waals surface area (Å²) in [5.41, 5.74) is 0. The Balaban J connectivity index is 5.01. The van der Waals surface area contributed by atoms with Crippen molar-refractivity contribution in [1.29, 1.82) is 0 Å². The van der Waals surface area contributed by atoms with Crippen LogP contribution in [0, 0.1) is 0 Å². The third-order valence-electron chi connectivity index (χ3n) is 17.0. The molecule has 0 aromatic rings. The number of carbonyl (C=O) groups is 2.